The van der Waals surface area contributed by atoms with Crippen LogP contribution in [-0.4, -0.2) is 37.2 Å². The molecule has 2 aromatic rings. The third kappa shape index (κ3) is 3.40. The van der Waals surface area contributed by atoms with Gasteiger partial charge in [-0.05, 0) is 0 Å². The summed E-state index contributed by atoms with van der Waals surface area (Å²) in [5.41, 5.74) is -0.150. The van der Waals surface area contributed by atoms with Gasteiger partial charge in [0.1, 0.15) is 5.82 Å². The zero-order chi connectivity index (χ0) is 13.9. The molecule has 102 valence electrons. The summed E-state index contributed by atoms with van der Waals surface area (Å²) in [7, 11) is 0. The second-order valence-corrected chi connectivity index (χ2v) is 5.31. The quantitative estimate of drug-likeness (QED) is 0.850. The molecule has 2 aromatic heterocycles. The number of imidazole rings is 1. The van der Waals surface area contributed by atoms with Crippen LogP contribution >= 0.6 is 0 Å². The molecule has 0 aliphatic rings. The van der Waals surface area contributed by atoms with Gasteiger partial charge in [-0.1, -0.05) is 20.8 Å². The van der Waals surface area contributed by atoms with Crippen LogP contribution in [0.3, 0.4) is 0 Å². The van der Waals surface area contributed by atoms with E-state index in [1.165, 1.54) is 0 Å². The van der Waals surface area contributed by atoms with E-state index < -0.39 is 0 Å². The predicted octanol–water partition coefficient (Wildman–Crippen LogP) is 0.729. The molecular formula is C12H18N6O. The van der Waals surface area contributed by atoms with Crippen molar-refractivity contribution < 1.29 is 4.79 Å². The lowest BCUT2D eigenvalue weighted by atomic mass is 9.96. The number of hydrogen-bond donors (Lipinski definition) is 2. The molecule has 2 heterocycles. The van der Waals surface area contributed by atoms with Gasteiger partial charge >= 0.3 is 0 Å². The third-order valence-corrected chi connectivity index (χ3v) is 2.61. The van der Waals surface area contributed by atoms with Crippen LogP contribution in [0.25, 0.3) is 0 Å². The van der Waals surface area contributed by atoms with Crippen LogP contribution in [-0.2, 0) is 12.0 Å². The molecule has 2 rings (SSSR count). The first-order valence-corrected chi connectivity index (χ1v) is 6.13. The highest BCUT2D eigenvalue weighted by molar-refractivity contribution is 5.90. The highest BCUT2D eigenvalue weighted by Crippen LogP contribution is 2.17. The second kappa shape index (κ2) is 5.21. The van der Waals surface area contributed by atoms with Gasteiger partial charge in [0.25, 0.3) is 5.91 Å². The van der Waals surface area contributed by atoms with Crippen LogP contribution in [0.1, 0.15) is 37.2 Å². The van der Waals surface area contributed by atoms with Crippen molar-refractivity contribution in [3.05, 3.63) is 30.4 Å². The Morgan fingerprint density at radius 3 is 2.84 bits per heavy atom. The maximum Gasteiger partial charge on any atom is 0.291 e. The molecule has 2 N–H and O–H groups in total. The van der Waals surface area contributed by atoms with Gasteiger partial charge in [-0.3, -0.25) is 9.89 Å². The maximum atomic E-state index is 11.8. The Balaban J connectivity index is 1.88. The van der Waals surface area contributed by atoms with Gasteiger partial charge in [-0.2, -0.15) is 0 Å². The maximum absolute atomic E-state index is 11.8. The van der Waals surface area contributed by atoms with Crippen molar-refractivity contribution in [1.82, 2.24) is 30.0 Å². The number of nitrogens with zero attached hydrogens (tertiary/aromatic N) is 4. The molecule has 0 aliphatic carbocycles. The molecule has 7 nitrogen and oxygen atoms in total. The lowest BCUT2D eigenvalue weighted by Gasteiger charge is -2.12. The number of amides is 1. The van der Waals surface area contributed by atoms with Crippen molar-refractivity contribution in [1.29, 1.82) is 0 Å². The van der Waals surface area contributed by atoms with E-state index >= 15 is 0 Å². The molecule has 0 radical (unpaired) electrons. The fourth-order valence-corrected chi connectivity index (χ4v) is 1.50. The minimum absolute atomic E-state index is 0.150. The van der Waals surface area contributed by atoms with Gasteiger partial charge in [-0.25, -0.2) is 9.97 Å². The van der Waals surface area contributed by atoms with Crippen LogP contribution < -0.4 is 5.32 Å². The number of nitrogens with one attached hydrogen (secondary N) is 2. The van der Waals surface area contributed by atoms with Crippen LogP contribution in [0.15, 0.2) is 18.7 Å². The number of rotatable bonds is 4. The Hall–Kier alpha value is -2.18. The molecule has 0 atom stereocenters. The number of aromatic nitrogens is 5. The van der Waals surface area contributed by atoms with E-state index in [1.807, 2.05) is 31.5 Å². The Morgan fingerprint density at radius 2 is 2.26 bits per heavy atom. The summed E-state index contributed by atoms with van der Waals surface area (Å²) < 4.78 is 1.89. The Bertz CT molecular complexity index is 537. The first-order chi connectivity index (χ1) is 8.97. The summed E-state index contributed by atoms with van der Waals surface area (Å²) >= 11 is 0. The van der Waals surface area contributed by atoms with Gasteiger partial charge < -0.3 is 9.88 Å². The smallest absolute Gasteiger partial charge is 0.291 e. The molecule has 0 saturated heterocycles. The van der Waals surface area contributed by atoms with Crippen LogP contribution in [0.4, 0.5) is 0 Å². The zero-order valence-corrected chi connectivity index (χ0v) is 11.3. The van der Waals surface area contributed by atoms with E-state index in [0.29, 0.717) is 18.9 Å². The normalized spacial score (nSPS) is 11.5. The van der Waals surface area contributed by atoms with E-state index in [4.69, 9.17) is 0 Å². The van der Waals surface area contributed by atoms with E-state index in [9.17, 15) is 4.79 Å². The largest absolute Gasteiger partial charge is 0.347 e. The molecule has 19 heavy (non-hydrogen) atoms. The number of carbonyl (C=O) groups is 1. The number of hydrogen-bond acceptors (Lipinski definition) is 4. The van der Waals surface area contributed by atoms with E-state index in [2.05, 4.69) is 25.5 Å². The van der Waals surface area contributed by atoms with E-state index in [1.54, 1.807) is 12.5 Å². The Morgan fingerprint density at radius 1 is 1.47 bits per heavy atom. The van der Waals surface area contributed by atoms with Crippen LogP contribution in [0.2, 0.25) is 0 Å². The lowest BCUT2D eigenvalue weighted by molar-refractivity contribution is 0.0942. The van der Waals surface area contributed by atoms with Gasteiger partial charge in [0.15, 0.2) is 0 Å². The highest BCUT2D eigenvalue weighted by atomic mass is 16.2. The molecule has 0 aliphatic heterocycles. The van der Waals surface area contributed by atoms with Gasteiger partial charge in [0.05, 0.1) is 6.33 Å². The molecule has 0 spiro atoms. The van der Waals surface area contributed by atoms with Crippen molar-refractivity contribution in [2.75, 3.05) is 6.54 Å². The average Bonchev–Trinajstić information content (AvgIpc) is 2.99. The Kier molecular flexibility index (Phi) is 3.64. The minimum atomic E-state index is -0.271. The van der Waals surface area contributed by atoms with E-state index in [-0.39, 0.29) is 17.1 Å². The van der Waals surface area contributed by atoms with Gasteiger partial charge in [-0.15, -0.1) is 5.10 Å². The number of carbonyl (C=O) groups excluding carboxylic acids is 1. The van der Waals surface area contributed by atoms with Crippen molar-refractivity contribution in [3.8, 4) is 0 Å². The topological polar surface area (TPSA) is 88.5 Å². The van der Waals surface area contributed by atoms with Crippen molar-refractivity contribution in [2.24, 2.45) is 0 Å². The van der Waals surface area contributed by atoms with Crippen molar-refractivity contribution in [3.63, 3.8) is 0 Å². The predicted molar refractivity (Wildman–Crippen MR) is 69.6 cm³/mol. The SMILES string of the molecule is CC(C)(C)c1nc(C(=O)NCCn2ccnc2)n[nH]1. The van der Waals surface area contributed by atoms with Gasteiger partial charge in [0.2, 0.25) is 5.82 Å². The molecule has 0 aromatic carbocycles. The summed E-state index contributed by atoms with van der Waals surface area (Å²) in [4.78, 5) is 20.0. The summed E-state index contributed by atoms with van der Waals surface area (Å²) in [6.45, 7) is 7.20. The summed E-state index contributed by atoms with van der Waals surface area (Å²) in [5.74, 6) is 0.606. The molecule has 0 bridgehead atoms. The fourth-order valence-electron chi connectivity index (χ4n) is 1.50. The van der Waals surface area contributed by atoms with Gasteiger partial charge in [0, 0.05) is 30.9 Å². The molecule has 0 fully saturated rings. The molecule has 7 heteroatoms. The summed E-state index contributed by atoms with van der Waals surface area (Å²) in [5, 5.41) is 9.49. The number of H-pyrrole nitrogens is 1. The zero-order valence-electron chi connectivity index (χ0n) is 11.3. The molecule has 0 unspecified atom stereocenters. The Labute approximate surface area is 111 Å². The fraction of sp³-hybridized carbons (Fsp3) is 0.500. The number of aromatic amines is 1. The standard InChI is InChI=1S/C12H18N6O/c1-12(2,3)11-15-9(16-17-11)10(19)14-5-7-18-6-4-13-8-18/h4,6,8H,5,7H2,1-3H3,(H,14,19)(H,15,16,17). The highest BCUT2D eigenvalue weighted by Gasteiger charge is 2.20. The van der Waals surface area contributed by atoms with Crippen LogP contribution in [0.5, 0.6) is 0 Å². The van der Waals surface area contributed by atoms with Crippen molar-refractivity contribution in [2.45, 2.75) is 32.7 Å². The lowest BCUT2D eigenvalue weighted by Crippen LogP contribution is -2.28. The molecule has 0 saturated carbocycles. The summed E-state index contributed by atoms with van der Waals surface area (Å²) in [6.07, 6.45) is 5.25. The molecule has 1 amide bonds. The first-order valence-electron chi connectivity index (χ1n) is 6.13. The third-order valence-electron chi connectivity index (χ3n) is 2.61. The molecular weight excluding hydrogens is 244 g/mol. The minimum Gasteiger partial charge on any atom is -0.347 e. The average molecular weight is 262 g/mol. The van der Waals surface area contributed by atoms with Crippen molar-refractivity contribution >= 4 is 5.91 Å². The van der Waals surface area contributed by atoms with Crippen LogP contribution in [0, 0.1) is 0 Å². The van der Waals surface area contributed by atoms with E-state index in [0.717, 1.165) is 0 Å². The summed E-state index contributed by atoms with van der Waals surface area (Å²) in [6, 6.07) is 0. The monoisotopic (exact) mass is 262 g/mol. The first kappa shape index (κ1) is 13.3. The second-order valence-electron chi connectivity index (χ2n) is 5.31.